The highest BCUT2D eigenvalue weighted by molar-refractivity contribution is 6.05. The normalized spacial score (nSPS) is 12.8. The van der Waals surface area contributed by atoms with Gasteiger partial charge in [-0.1, -0.05) is 12.1 Å². The molecule has 156 valence electrons. The summed E-state index contributed by atoms with van der Waals surface area (Å²) in [5.74, 6) is 0.540. The fourth-order valence-corrected chi connectivity index (χ4v) is 3.27. The monoisotopic (exact) mass is 419 g/mol. The quantitative estimate of drug-likeness (QED) is 0.701. The molecule has 0 saturated carbocycles. The van der Waals surface area contributed by atoms with Crippen LogP contribution < -0.4 is 20.5 Å². The Bertz CT molecular complexity index is 865. The number of hydrogen-bond donors (Lipinski definition) is 2. The van der Waals surface area contributed by atoms with Crippen LogP contribution in [0.1, 0.15) is 28.8 Å². The molecule has 7 nitrogen and oxygen atoms in total. The molecule has 1 aliphatic rings. The van der Waals surface area contributed by atoms with Crippen LogP contribution in [-0.2, 0) is 11.2 Å². The average Bonchev–Trinajstić information content (AvgIpc) is 3.23. The van der Waals surface area contributed by atoms with Gasteiger partial charge in [0.1, 0.15) is 0 Å². The van der Waals surface area contributed by atoms with E-state index in [-0.39, 0.29) is 30.6 Å². The van der Waals surface area contributed by atoms with E-state index in [1.807, 2.05) is 0 Å². The molecule has 29 heavy (non-hydrogen) atoms. The summed E-state index contributed by atoms with van der Waals surface area (Å²) in [6, 6.07) is 10.4. The lowest BCUT2D eigenvalue weighted by Crippen LogP contribution is -2.29. The summed E-state index contributed by atoms with van der Waals surface area (Å²) in [6.45, 7) is 1.43. The first-order valence-electron chi connectivity index (χ1n) is 9.21. The Hall–Kier alpha value is -2.93. The van der Waals surface area contributed by atoms with Crippen molar-refractivity contribution in [3.8, 4) is 11.5 Å². The summed E-state index contributed by atoms with van der Waals surface area (Å²) in [5, 5.41) is 2.85. The smallest absolute Gasteiger partial charge is 0.256 e. The van der Waals surface area contributed by atoms with Crippen LogP contribution in [0.2, 0.25) is 0 Å². The Balaban J connectivity index is 0.00000300. The highest BCUT2D eigenvalue weighted by Crippen LogP contribution is 2.34. The van der Waals surface area contributed by atoms with E-state index in [1.54, 1.807) is 41.3 Å². The van der Waals surface area contributed by atoms with Gasteiger partial charge >= 0.3 is 0 Å². The van der Waals surface area contributed by atoms with Crippen molar-refractivity contribution in [2.75, 3.05) is 38.4 Å². The highest BCUT2D eigenvalue weighted by atomic mass is 35.5. The van der Waals surface area contributed by atoms with E-state index in [0.717, 1.165) is 18.4 Å². The van der Waals surface area contributed by atoms with Crippen LogP contribution in [0.3, 0.4) is 0 Å². The second-order valence-electron chi connectivity index (χ2n) is 6.72. The Morgan fingerprint density at radius 1 is 1.03 bits per heavy atom. The number of nitrogens with zero attached hydrogens (tertiary/aromatic N) is 1. The molecule has 0 unspecified atom stereocenters. The molecular formula is C21H26ClN3O4. The van der Waals surface area contributed by atoms with Gasteiger partial charge in [-0.05, 0) is 36.6 Å². The molecule has 1 aliphatic heterocycles. The molecule has 2 amide bonds. The van der Waals surface area contributed by atoms with Gasteiger partial charge in [-0.3, -0.25) is 9.59 Å². The number of methoxy groups -OCH3 is 2. The SMILES string of the molecule is COc1cc(NC(=O)Cc2ccc(N)cc2)c(C(=O)N2CCCC2)cc1OC.Cl. The second kappa shape index (κ2) is 10.0. The first-order valence-corrected chi connectivity index (χ1v) is 9.21. The summed E-state index contributed by atoms with van der Waals surface area (Å²) < 4.78 is 10.7. The fourth-order valence-electron chi connectivity index (χ4n) is 3.27. The maximum Gasteiger partial charge on any atom is 0.256 e. The van der Waals surface area contributed by atoms with Gasteiger partial charge in [0.2, 0.25) is 5.91 Å². The summed E-state index contributed by atoms with van der Waals surface area (Å²) >= 11 is 0. The number of anilines is 2. The van der Waals surface area contributed by atoms with E-state index in [1.165, 1.54) is 14.2 Å². The van der Waals surface area contributed by atoms with Gasteiger partial charge in [0.25, 0.3) is 5.91 Å². The van der Waals surface area contributed by atoms with E-state index >= 15 is 0 Å². The van der Waals surface area contributed by atoms with E-state index in [0.29, 0.717) is 41.5 Å². The number of nitrogens with one attached hydrogen (secondary N) is 1. The molecule has 8 heteroatoms. The lowest BCUT2D eigenvalue weighted by Gasteiger charge is -2.20. The van der Waals surface area contributed by atoms with E-state index in [9.17, 15) is 9.59 Å². The fraction of sp³-hybridized carbons (Fsp3) is 0.333. The molecule has 2 aromatic rings. The number of hydrogen-bond acceptors (Lipinski definition) is 5. The van der Waals surface area contributed by atoms with Crippen LogP contribution >= 0.6 is 12.4 Å². The number of benzene rings is 2. The van der Waals surface area contributed by atoms with Gasteiger partial charge in [0.15, 0.2) is 11.5 Å². The second-order valence-corrected chi connectivity index (χ2v) is 6.72. The highest BCUT2D eigenvalue weighted by Gasteiger charge is 2.25. The summed E-state index contributed by atoms with van der Waals surface area (Å²) in [4.78, 5) is 27.3. The van der Waals surface area contributed by atoms with Crippen LogP contribution in [-0.4, -0.2) is 44.0 Å². The predicted octanol–water partition coefficient (Wildman–Crippen LogP) is 3.13. The van der Waals surface area contributed by atoms with Crippen molar-refractivity contribution in [3.63, 3.8) is 0 Å². The number of amides is 2. The minimum absolute atomic E-state index is 0. The zero-order valence-corrected chi connectivity index (χ0v) is 17.4. The first kappa shape index (κ1) is 22.4. The maximum atomic E-state index is 13.0. The summed E-state index contributed by atoms with van der Waals surface area (Å²) in [5.41, 5.74) is 7.96. The average molecular weight is 420 g/mol. The molecule has 3 rings (SSSR count). The van der Waals surface area contributed by atoms with Crippen molar-refractivity contribution in [1.29, 1.82) is 0 Å². The third-order valence-corrected chi connectivity index (χ3v) is 4.77. The molecule has 0 aromatic heterocycles. The maximum absolute atomic E-state index is 13.0. The standard InChI is InChI=1S/C21H25N3O4.ClH/c1-27-18-12-16(21(26)24-9-3-4-10-24)17(13-19(18)28-2)23-20(25)11-14-5-7-15(22)8-6-14;/h5-8,12-13H,3-4,9-11,22H2,1-2H3,(H,23,25);1H. The molecule has 0 spiro atoms. The zero-order valence-electron chi connectivity index (χ0n) is 16.6. The Labute approximate surface area is 176 Å². The van der Waals surface area contributed by atoms with Crippen LogP contribution in [0.4, 0.5) is 11.4 Å². The largest absolute Gasteiger partial charge is 0.493 e. The number of rotatable bonds is 6. The summed E-state index contributed by atoms with van der Waals surface area (Å²) in [7, 11) is 3.03. The Morgan fingerprint density at radius 2 is 1.62 bits per heavy atom. The minimum Gasteiger partial charge on any atom is -0.493 e. The van der Waals surface area contributed by atoms with Crippen LogP contribution in [0.15, 0.2) is 36.4 Å². The minimum atomic E-state index is -0.229. The molecule has 0 bridgehead atoms. The molecule has 0 radical (unpaired) electrons. The van der Waals surface area contributed by atoms with E-state index in [4.69, 9.17) is 15.2 Å². The summed E-state index contributed by atoms with van der Waals surface area (Å²) in [6.07, 6.45) is 2.14. The topological polar surface area (TPSA) is 93.9 Å². The number of nitrogens with two attached hydrogens (primary N) is 1. The van der Waals surface area contributed by atoms with Crippen molar-refractivity contribution in [2.24, 2.45) is 0 Å². The molecule has 1 heterocycles. The predicted molar refractivity (Wildman–Crippen MR) is 115 cm³/mol. The molecule has 1 saturated heterocycles. The van der Waals surface area contributed by atoms with E-state index < -0.39 is 0 Å². The molecule has 2 aromatic carbocycles. The van der Waals surface area contributed by atoms with Gasteiger partial charge in [-0.25, -0.2) is 0 Å². The molecule has 1 fully saturated rings. The van der Waals surface area contributed by atoms with E-state index in [2.05, 4.69) is 5.32 Å². The van der Waals surface area contributed by atoms with Crippen molar-refractivity contribution in [2.45, 2.75) is 19.3 Å². The van der Waals surface area contributed by atoms with Crippen LogP contribution in [0, 0.1) is 0 Å². The Morgan fingerprint density at radius 3 is 2.21 bits per heavy atom. The zero-order chi connectivity index (χ0) is 20.1. The third kappa shape index (κ3) is 5.32. The van der Waals surface area contributed by atoms with Gasteiger partial charge in [-0.2, -0.15) is 0 Å². The number of halogens is 1. The van der Waals surface area contributed by atoms with Crippen molar-refractivity contribution in [3.05, 3.63) is 47.5 Å². The van der Waals surface area contributed by atoms with Crippen LogP contribution in [0.5, 0.6) is 11.5 Å². The molecular weight excluding hydrogens is 394 g/mol. The Kier molecular flexibility index (Phi) is 7.73. The lowest BCUT2D eigenvalue weighted by atomic mass is 10.1. The molecule has 0 aliphatic carbocycles. The number of nitrogen functional groups attached to an aromatic ring is 1. The van der Waals surface area contributed by atoms with Gasteiger partial charge in [0, 0.05) is 24.8 Å². The number of carbonyl (C=O) groups excluding carboxylic acids is 2. The lowest BCUT2D eigenvalue weighted by molar-refractivity contribution is -0.115. The van der Waals surface area contributed by atoms with Gasteiger partial charge in [-0.15, -0.1) is 12.4 Å². The van der Waals surface area contributed by atoms with Gasteiger partial charge < -0.3 is 25.4 Å². The van der Waals surface area contributed by atoms with Gasteiger partial charge in [0.05, 0.1) is 31.9 Å². The van der Waals surface area contributed by atoms with Crippen molar-refractivity contribution < 1.29 is 19.1 Å². The number of ether oxygens (including phenoxy) is 2. The third-order valence-electron chi connectivity index (χ3n) is 4.77. The van der Waals surface area contributed by atoms with Crippen molar-refractivity contribution in [1.82, 2.24) is 4.90 Å². The molecule has 0 atom stereocenters. The van der Waals surface area contributed by atoms with Crippen LogP contribution in [0.25, 0.3) is 0 Å². The number of carbonyl (C=O) groups is 2. The first-order chi connectivity index (χ1) is 13.5. The molecule has 3 N–H and O–H groups in total. The number of likely N-dealkylation sites (tertiary alicyclic amines) is 1. The van der Waals surface area contributed by atoms with Crippen molar-refractivity contribution >= 4 is 35.6 Å².